The van der Waals surface area contributed by atoms with Crippen LogP contribution in [0.3, 0.4) is 0 Å². The molecular weight excluding hydrogens is 363 g/mol. The molecule has 1 saturated heterocycles. The highest BCUT2D eigenvalue weighted by Crippen LogP contribution is 2.29. The Morgan fingerprint density at radius 1 is 1.25 bits per heavy atom. The van der Waals surface area contributed by atoms with E-state index in [4.69, 9.17) is 4.74 Å². The molecule has 1 atom stereocenters. The van der Waals surface area contributed by atoms with Gasteiger partial charge in [0.05, 0.1) is 18.3 Å². The van der Waals surface area contributed by atoms with Gasteiger partial charge in [-0.2, -0.15) is 0 Å². The first kappa shape index (κ1) is 20.3. The summed E-state index contributed by atoms with van der Waals surface area (Å²) in [6, 6.07) is 3.77. The summed E-state index contributed by atoms with van der Waals surface area (Å²) in [5.74, 6) is -1.26. The van der Waals surface area contributed by atoms with Gasteiger partial charge in [0.1, 0.15) is 11.5 Å². The Hall–Kier alpha value is -2.45. The van der Waals surface area contributed by atoms with Gasteiger partial charge in [-0.3, -0.25) is 9.69 Å². The van der Waals surface area contributed by atoms with Crippen molar-refractivity contribution < 1.29 is 18.7 Å². The molecular formula is C20H27FN4O3. The Bertz CT molecular complexity index is 858. The Labute approximate surface area is 163 Å². The van der Waals surface area contributed by atoms with Gasteiger partial charge in [-0.25, -0.2) is 9.18 Å². The Balaban J connectivity index is 1.83. The number of benzene rings is 1. The van der Waals surface area contributed by atoms with Crippen molar-refractivity contribution in [1.82, 2.24) is 14.8 Å². The molecule has 3 rings (SSSR count). The fraction of sp³-hybridized carbons (Fsp3) is 0.500. The predicted molar refractivity (Wildman–Crippen MR) is 106 cm³/mol. The summed E-state index contributed by atoms with van der Waals surface area (Å²) in [7, 11) is 0. The van der Waals surface area contributed by atoms with Crippen LogP contribution >= 0.6 is 0 Å². The van der Waals surface area contributed by atoms with Crippen LogP contribution in [-0.2, 0) is 9.53 Å². The maximum atomic E-state index is 13.8. The number of amides is 1. The van der Waals surface area contributed by atoms with Crippen LogP contribution in [0.15, 0.2) is 18.2 Å². The maximum Gasteiger partial charge on any atom is 0.356 e. The zero-order chi connectivity index (χ0) is 20.3. The molecule has 1 aliphatic heterocycles. The Morgan fingerprint density at radius 2 is 1.96 bits per heavy atom. The molecule has 2 N–H and O–H groups in total. The summed E-state index contributed by atoms with van der Waals surface area (Å²) < 4.78 is 18.9. The third-order valence-corrected chi connectivity index (χ3v) is 5.27. The molecule has 28 heavy (non-hydrogen) atoms. The summed E-state index contributed by atoms with van der Waals surface area (Å²) in [5, 5.41) is 3.27. The molecule has 0 spiro atoms. The molecule has 8 heteroatoms. The number of halogens is 1. The van der Waals surface area contributed by atoms with E-state index in [0.29, 0.717) is 10.9 Å². The fourth-order valence-electron chi connectivity index (χ4n) is 3.51. The van der Waals surface area contributed by atoms with Crippen molar-refractivity contribution in [2.75, 3.05) is 44.6 Å². The van der Waals surface area contributed by atoms with Gasteiger partial charge in [-0.1, -0.05) is 6.92 Å². The van der Waals surface area contributed by atoms with Crippen LogP contribution in [0.4, 0.5) is 10.1 Å². The number of piperazine rings is 1. The lowest BCUT2D eigenvalue weighted by atomic mass is 10.1. The SMILES string of the molecule is CCOC(=O)c1[nH]c2ccc(F)cc2c1NC(=O)C(C)N1CCN(CC)CC1. The standard InChI is InChI=1S/C20H27FN4O3/c1-4-24-8-10-25(11-9-24)13(3)19(26)23-17-15-12-14(21)6-7-16(15)22-18(17)20(27)28-5-2/h6-7,12-13,22H,4-5,8-11H2,1-3H3,(H,23,26). The van der Waals surface area contributed by atoms with Gasteiger partial charge in [0, 0.05) is 37.1 Å². The molecule has 152 valence electrons. The van der Waals surface area contributed by atoms with Crippen LogP contribution in [-0.4, -0.2) is 72.0 Å². The third-order valence-electron chi connectivity index (χ3n) is 5.27. The zero-order valence-corrected chi connectivity index (χ0v) is 16.5. The van der Waals surface area contributed by atoms with E-state index >= 15 is 0 Å². The van der Waals surface area contributed by atoms with Gasteiger partial charge >= 0.3 is 5.97 Å². The number of ether oxygens (including phenoxy) is 1. The Morgan fingerprint density at radius 3 is 2.61 bits per heavy atom. The number of hydrogen-bond donors (Lipinski definition) is 2. The predicted octanol–water partition coefficient (Wildman–Crippen LogP) is 2.45. The van der Waals surface area contributed by atoms with Crippen molar-refractivity contribution in [2.24, 2.45) is 0 Å². The smallest absolute Gasteiger partial charge is 0.356 e. The van der Waals surface area contributed by atoms with Crippen molar-refractivity contribution in [1.29, 1.82) is 0 Å². The number of carbonyl (C=O) groups excluding carboxylic acids is 2. The highest BCUT2D eigenvalue weighted by molar-refractivity contribution is 6.11. The number of aromatic nitrogens is 1. The van der Waals surface area contributed by atoms with E-state index in [1.807, 2.05) is 6.92 Å². The van der Waals surface area contributed by atoms with E-state index < -0.39 is 11.8 Å². The lowest BCUT2D eigenvalue weighted by molar-refractivity contribution is -0.121. The van der Waals surface area contributed by atoms with E-state index in [9.17, 15) is 14.0 Å². The van der Waals surface area contributed by atoms with Crippen molar-refractivity contribution in [3.05, 3.63) is 29.7 Å². The van der Waals surface area contributed by atoms with Crippen molar-refractivity contribution in [3.8, 4) is 0 Å². The first-order valence-electron chi connectivity index (χ1n) is 9.70. The molecule has 2 heterocycles. The molecule has 1 aromatic heterocycles. The van der Waals surface area contributed by atoms with Gasteiger partial charge in [0.2, 0.25) is 5.91 Å². The van der Waals surface area contributed by atoms with Crippen LogP contribution < -0.4 is 5.32 Å². The normalized spacial score (nSPS) is 16.9. The molecule has 0 bridgehead atoms. The number of fused-ring (bicyclic) bond motifs is 1. The summed E-state index contributed by atoms with van der Waals surface area (Å²) in [4.78, 5) is 32.6. The minimum Gasteiger partial charge on any atom is -0.461 e. The van der Waals surface area contributed by atoms with Crippen LogP contribution in [0.1, 0.15) is 31.3 Å². The third kappa shape index (κ3) is 4.18. The van der Waals surface area contributed by atoms with Crippen LogP contribution in [0.25, 0.3) is 10.9 Å². The highest BCUT2D eigenvalue weighted by Gasteiger charge is 2.27. The molecule has 0 aliphatic carbocycles. The maximum absolute atomic E-state index is 13.8. The molecule has 1 fully saturated rings. The lowest BCUT2D eigenvalue weighted by Crippen LogP contribution is -2.52. The number of carbonyl (C=O) groups is 2. The average Bonchev–Trinajstić information content (AvgIpc) is 3.05. The number of anilines is 1. The Kier molecular flexibility index (Phi) is 6.31. The minimum atomic E-state index is -0.585. The molecule has 2 aromatic rings. The van der Waals surface area contributed by atoms with Crippen LogP contribution in [0, 0.1) is 5.82 Å². The molecule has 0 saturated carbocycles. The van der Waals surface area contributed by atoms with Crippen molar-refractivity contribution in [3.63, 3.8) is 0 Å². The molecule has 1 aromatic carbocycles. The zero-order valence-electron chi connectivity index (χ0n) is 16.5. The molecule has 7 nitrogen and oxygen atoms in total. The number of esters is 1. The molecule has 0 radical (unpaired) electrons. The van der Waals surface area contributed by atoms with Gasteiger partial charge < -0.3 is 19.9 Å². The van der Waals surface area contributed by atoms with Gasteiger partial charge in [-0.05, 0) is 38.6 Å². The van der Waals surface area contributed by atoms with E-state index in [1.165, 1.54) is 18.2 Å². The number of aromatic amines is 1. The molecule has 1 unspecified atom stereocenters. The number of hydrogen-bond acceptors (Lipinski definition) is 5. The summed E-state index contributed by atoms with van der Waals surface area (Å²) in [6.07, 6.45) is 0. The second kappa shape index (κ2) is 8.70. The highest BCUT2D eigenvalue weighted by atomic mass is 19.1. The molecule has 1 amide bonds. The topological polar surface area (TPSA) is 77.7 Å². The van der Waals surface area contributed by atoms with Crippen molar-refractivity contribution >= 4 is 28.5 Å². The fourth-order valence-corrected chi connectivity index (χ4v) is 3.51. The number of rotatable bonds is 6. The summed E-state index contributed by atoms with van der Waals surface area (Å²) in [6.45, 7) is 10.3. The lowest BCUT2D eigenvalue weighted by Gasteiger charge is -2.36. The number of nitrogens with one attached hydrogen (secondary N) is 2. The largest absolute Gasteiger partial charge is 0.461 e. The van der Waals surface area contributed by atoms with Gasteiger partial charge in [0.25, 0.3) is 0 Å². The minimum absolute atomic E-state index is 0.124. The number of likely N-dealkylation sites (N-methyl/N-ethyl adjacent to an activating group) is 1. The van der Waals surface area contributed by atoms with Gasteiger partial charge in [0.15, 0.2) is 0 Å². The first-order valence-corrected chi connectivity index (χ1v) is 9.70. The van der Waals surface area contributed by atoms with E-state index in [-0.39, 0.29) is 29.9 Å². The van der Waals surface area contributed by atoms with Crippen LogP contribution in [0.2, 0.25) is 0 Å². The second-order valence-electron chi connectivity index (χ2n) is 6.92. The summed E-state index contributed by atoms with van der Waals surface area (Å²) >= 11 is 0. The average molecular weight is 390 g/mol. The monoisotopic (exact) mass is 390 g/mol. The van der Waals surface area contributed by atoms with Crippen LogP contribution in [0.5, 0.6) is 0 Å². The van der Waals surface area contributed by atoms with E-state index in [0.717, 1.165) is 32.7 Å². The van der Waals surface area contributed by atoms with E-state index in [1.54, 1.807) is 6.92 Å². The van der Waals surface area contributed by atoms with Gasteiger partial charge in [-0.15, -0.1) is 0 Å². The quantitative estimate of drug-likeness (QED) is 0.741. The number of H-pyrrole nitrogens is 1. The molecule has 1 aliphatic rings. The second-order valence-corrected chi connectivity index (χ2v) is 6.92. The van der Waals surface area contributed by atoms with E-state index in [2.05, 4.69) is 27.0 Å². The first-order chi connectivity index (χ1) is 13.4. The van der Waals surface area contributed by atoms with Crippen molar-refractivity contribution in [2.45, 2.75) is 26.8 Å². The summed E-state index contributed by atoms with van der Waals surface area (Å²) in [5.41, 5.74) is 0.944. The number of nitrogens with zero attached hydrogens (tertiary/aromatic N) is 2.